The first-order valence-electron chi connectivity index (χ1n) is 10.3. The molecule has 4 rings (SSSR count). The largest absolute Gasteiger partial charge is 0.530 e. The molecule has 1 fully saturated rings. The standard InChI is InChI=1S/C18H19ClFN2O7PS/c1-9-4-3-5-11-7-26-30(25,29-14(9)11)27-8-18(20)15(24)13(23)17(28-18)22-6-12(19)16(31)21-10(22)2/h3-6,13,15,17,23-24H,2,7-8H2,1H3,(H,21,31)/t13-,15+,17-,18-,30?/m1/s1/i8D2,17D. The van der Waals surface area contributed by atoms with E-state index in [0.717, 1.165) is 6.20 Å². The van der Waals surface area contributed by atoms with Crippen LogP contribution < -0.4 is 9.84 Å². The van der Waals surface area contributed by atoms with E-state index in [4.69, 9.17) is 46.2 Å². The van der Waals surface area contributed by atoms with Crippen molar-refractivity contribution in [2.24, 2.45) is 0 Å². The second kappa shape index (κ2) is 8.09. The molecule has 5 atom stereocenters. The van der Waals surface area contributed by atoms with Gasteiger partial charge < -0.3 is 29.7 Å². The molecule has 0 saturated carbocycles. The number of nitrogens with one attached hydrogen (secondary N) is 1. The van der Waals surface area contributed by atoms with Crippen LogP contribution in [0.2, 0.25) is 0 Å². The Morgan fingerprint density at radius 2 is 2.35 bits per heavy atom. The molecular weight excluding hydrogens is 474 g/mol. The summed E-state index contributed by atoms with van der Waals surface area (Å²) in [5.74, 6) is -4.00. The summed E-state index contributed by atoms with van der Waals surface area (Å²) < 4.78 is 73.7. The van der Waals surface area contributed by atoms with E-state index in [1.54, 1.807) is 25.1 Å². The summed E-state index contributed by atoms with van der Waals surface area (Å²) in [6.45, 7) is 1.17. The van der Waals surface area contributed by atoms with Gasteiger partial charge in [-0.05, 0) is 12.5 Å². The summed E-state index contributed by atoms with van der Waals surface area (Å²) in [6, 6.07) is 4.95. The Morgan fingerprint density at radius 3 is 3.10 bits per heavy atom. The molecule has 0 amide bonds. The van der Waals surface area contributed by atoms with Crippen LogP contribution in [-0.2, 0) is 25.0 Å². The molecule has 13 heteroatoms. The molecule has 0 aliphatic carbocycles. The summed E-state index contributed by atoms with van der Waals surface area (Å²) in [4.78, 5) is 0.733. The fraction of sp³-hybridized carbons (Fsp3) is 0.389. The van der Waals surface area contributed by atoms with Crippen LogP contribution in [0.3, 0.4) is 0 Å². The Bertz CT molecular complexity index is 1160. The molecule has 0 radical (unpaired) electrons. The quantitative estimate of drug-likeness (QED) is 0.426. The van der Waals surface area contributed by atoms with Gasteiger partial charge in [-0.25, -0.2) is 8.96 Å². The topological polar surface area (TPSA) is 110 Å². The number of phosphoric acid groups is 1. The Labute approximate surface area is 191 Å². The van der Waals surface area contributed by atoms with Crippen LogP contribution in [-0.4, -0.2) is 50.9 Å². The number of halogens is 2. The van der Waals surface area contributed by atoms with Crippen LogP contribution in [0.1, 0.15) is 15.2 Å². The van der Waals surface area contributed by atoms with E-state index in [2.05, 4.69) is 11.9 Å². The lowest BCUT2D eigenvalue weighted by atomic mass is 10.1. The van der Waals surface area contributed by atoms with Crippen LogP contribution in [0, 0.1) is 6.92 Å². The minimum atomic E-state index is -4.78. The molecule has 1 saturated heterocycles. The second-order valence-corrected chi connectivity index (χ2v) is 9.12. The highest BCUT2D eigenvalue weighted by atomic mass is 35.5. The van der Waals surface area contributed by atoms with Crippen molar-refractivity contribution in [2.45, 2.75) is 37.8 Å². The fourth-order valence-corrected chi connectivity index (χ4v) is 4.47. The average Bonchev–Trinajstić information content (AvgIpc) is 2.93. The van der Waals surface area contributed by atoms with Crippen molar-refractivity contribution in [3.63, 3.8) is 0 Å². The van der Waals surface area contributed by atoms with E-state index in [1.165, 1.54) is 0 Å². The highest BCUT2D eigenvalue weighted by Gasteiger charge is 2.58. The van der Waals surface area contributed by atoms with Gasteiger partial charge in [0.15, 0.2) is 6.20 Å². The van der Waals surface area contributed by atoms with E-state index < -0.39 is 38.6 Å². The maximum Gasteiger partial charge on any atom is 0.530 e. The first-order valence-corrected chi connectivity index (χ1v) is 11.0. The zero-order valence-electron chi connectivity index (χ0n) is 18.9. The number of fused-ring (bicyclic) bond motifs is 1. The minimum absolute atomic E-state index is 0.0185. The molecule has 1 aromatic rings. The number of alkyl halides is 1. The SMILES string of the molecule is [2H]C([2H])(OP1(=O)OCc2cccc(C)c2O1)[C@@]1(F)O[C@@]([2H])(N2C=C(Cl)C(=S)NC2=C)[C@H](O)[C@@H]1O. The number of nitrogens with zero attached hydrogens (tertiary/aromatic N) is 1. The van der Waals surface area contributed by atoms with E-state index in [9.17, 15) is 14.8 Å². The Morgan fingerprint density at radius 1 is 1.61 bits per heavy atom. The molecule has 3 N–H and O–H groups in total. The summed E-state index contributed by atoms with van der Waals surface area (Å²) in [5.41, 5.74) is 1.04. The number of aliphatic hydroxyl groups is 2. The second-order valence-electron chi connectivity index (χ2n) is 6.79. The molecule has 3 heterocycles. The molecule has 3 aliphatic heterocycles. The van der Waals surface area contributed by atoms with E-state index in [0.29, 0.717) is 16.0 Å². The molecule has 1 aromatic carbocycles. The average molecular weight is 496 g/mol. The lowest BCUT2D eigenvalue weighted by molar-refractivity contribution is -0.207. The van der Waals surface area contributed by atoms with E-state index in [-0.39, 0.29) is 28.2 Å². The van der Waals surface area contributed by atoms with Gasteiger partial charge in [0.2, 0.25) is 0 Å². The third-order valence-electron chi connectivity index (χ3n) is 4.60. The van der Waals surface area contributed by atoms with Crippen LogP contribution in [0.4, 0.5) is 4.39 Å². The maximum atomic E-state index is 15.9. The molecule has 168 valence electrons. The third-order valence-corrected chi connectivity index (χ3v) is 6.49. The zero-order chi connectivity index (χ0) is 25.3. The van der Waals surface area contributed by atoms with E-state index in [1.807, 2.05) is 0 Å². The Balaban J connectivity index is 1.64. The molecule has 31 heavy (non-hydrogen) atoms. The van der Waals surface area contributed by atoms with Crippen LogP contribution in [0.25, 0.3) is 0 Å². The van der Waals surface area contributed by atoms with Gasteiger partial charge in [-0.2, -0.15) is 0 Å². The van der Waals surface area contributed by atoms with Crippen molar-refractivity contribution in [1.82, 2.24) is 10.2 Å². The van der Waals surface area contributed by atoms with Gasteiger partial charge in [0.05, 0.1) is 15.8 Å². The van der Waals surface area contributed by atoms with Crippen LogP contribution >= 0.6 is 31.6 Å². The number of aliphatic hydroxyl groups excluding tert-OH is 2. The van der Waals surface area contributed by atoms with Crippen LogP contribution in [0.5, 0.6) is 5.75 Å². The van der Waals surface area contributed by atoms with Gasteiger partial charge in [0.1, 0.15) is 35.3 Å². The highest BCUT2D eigenvalue weighted by molar-refractivity contribution is 7.81. The van der Waals surface area contributed by atoms with Gasteiger partial charge >= 0.3 is 7.82 Å². The molecule has 3 aliphatic rings. The lowest BCUT2D eigenvalue weighted by Crippen LogP contribution is -2.47. The predicted octanol–water partition coefficient (Wildman–Crippen LogP) is 2.56. The third kappa shape index (κ3) is 4.12. The smallest absolute Gasteiger partial charge is 0.403 e. The van der Waals surface area contributed by atoms with Crippen molar-refractivity contribution in [2.75, 3.05) is 6.56 Å². The van der Waals surface area contributed by atoms with E-state index >= 15 is 4.39 Å². The monoisotopic (exact) mass is 495 g/mol. The van der Waals surface area contributed by atoms with Gasteiger partial charge in [0, 0.05) is 11.8 Å². The molecule has 0 spiro atoms. The van der Waals surface area contributed by atoms with Crippen molar-refractivity contribution < 1.29 is 41.6 Å². The number of phosphoric ester groups is 1. The molecular formula is C18H19ClFN2O7PS. The van der Waals surface area contributed by atoms with Crippen molar-refractivity contribution in [1.29, 1.82) is 0 Å². The number of rotatable bonds is 4. The summed E-state index contributed by atoms with van der Waals surface area (Å²) >= 11 is 10.9. The van der Waals surface area contributed by atoms with Crippen LogP contribution in [0.15, 0.2) is 41.8 Å². The molecule has 0 aromatic heterocycles. The first-order chi connectivity index (χ1) is 15.6. The number of hydrogen-bond donors (Lipinski definition) is 3. The highest BCUT2D eigenvalue weighted by Crippen LogP contribution is 2.56. The van der Waals surface area contributed by atoms with Gasteiger partial charge in [-0.3, -0.25) is 9.05 Å². The maximum absolute atomic E-state index is 15.9. The lowest BCUT2D eigenvalue weighted by Gasteiger charge is -2.34. The summed E-state index contributed by atoms with van der Waals surface area (Å²) in [7, 11) is -4.78. The van der Waals surface area contributed by atoms with Crippen molar-refractivity contribution in [3.8, 4) is 5.75 Å². The number of para-hydroxylation sites is 1. The Kier molecular flexibility index (Phi) is 4.95. The predicted molar refractivity (Wildman–Crippen MR) is 112 cm³/mol. The van der Waals surface area contributed by atoms with Gasteiger partial charge in [0.25, 0.3) is 5.85 Å². The number of benzene rings is 1. The zero-order valence-corrected chi connectivity index (χ0v) is 18.3. The number of aryl methyl sites for hydroxylation is 1. The van der Waals surface area contributed by atoms with Gasteiger partial charge in [-0.1, -0.05) is 48.6 Å². The van der Waals surface area contributed by atoms with Crippen molar-refractivity contribution in [3.05, 3.63) is 53.0 Å². The normalized spacial score (nSPS) is 39.6. The fourth-order valence-electron chi connectivity index (χ4n) is 2.99. The Hall–Kier alpha value is -1.56. The summed E-state index contributed by atoms with van der Waals surface area (Å²) in [5, 5.41) is 23.3. The summed E-state index contributed by atoms with van der Waals surface area (Å²) in [6.07, 6.45) is -6.99. The molecule has 9 nitrogen and oxygen atoms in total. The number of thiocarbonyl (C=S) groups is 1. The molecule has 1 unspecified atom stereocenters. The number of hydrogen-bond acceptors (Lipinski definition) is 9. The molecule has 0 bridgehead atoms. The minimum Gasteiger partial charge on any atom is -0.403 e. The van der Waals surface area contributed by atoms with Crippen molar-refractivity contribution >= 4 is 36.6 Å². The van der Waals surface area contributed by atoms with Gasteiger partial charge in [-0.15, -0.1) is 0 Å². The number of ether oxygens (including phenoxy) is 1. The first kappa shape index (κ1) is 19.0.